The van der Waals surface area contributed by atoms with Crippen LogP contribution in [0.2, 0.25) is 0 Å². The Kier molecular flexibility index (Phi) is 6.88. The molecule has 164 valence electrons. The van der Waals surface area contributed by atoms with E-state index in [1.54, 1.807) is 10.8 Å². The van der Waals surface area contributed by atoms with Crippen molar-refractivity contribution in [3.05, 3.63) is 33.8 Å². The smallest absolute Gasteiger partial charge is 0.270 e. The lowest BCUT2D eigenvalue weighted by Gasteiger charge is -2.19. The van der Waals surface area contributed by atoms with Gasteiger partial charge in [0.2, 0.25) is 5.88 Å². The number of piperidine rings is 1. The van der Waals surface area contributed by atoms with E-state index in [2.05, 4.69) is 21.8 Å². The first-order chi connectivity index (χ1) is 14.0. The summed E-state index contributed by atoms with van der Waals surface area (Å²) in [7, 11) is 0. The predicted octanol–water partition coefficient (Wildman–Crippen LogP) is 2.18. The summed E-state index contributed by atoms with van der Waals surface area (Å²) in [5.41, 5.74) is 0.584. The zero-order valence-electron chi connectivity index (χ0n) is 17.4. The maximum atomic E-state index is 13.2. The molecular formula is C21H30ClN5O3. The number of aromatic hydroxyl groups is 1. The summed E-state index contributed by atoms with van der Waals surface area (Å²) in [4.78, 5) is 25.8. The van der Waals surface area contributed by atoms with E-state index in [0.29, 0.717) is 18.1 Å². The molecule has 0 radical (unpaired) electrons. The zero-order chi connectivity index (χ0) is 20.5. The number of hydrogen-bond donors (Lipinski definition) is 3. The highest BCUT2D eigenvalue weighted by molar-refractivity contribution is 5.96. The molecule has 0 spiro atoms. The van der Waals surface area contributed by atoms with Crippen LogP contribution in [-0.2, 0) is 6.54 Å². The molecule has 2 fully saturated rings. The maximum absolute atomic E-state index is 13.2. The minimum Gasteiger partial charge on any atom is -0.492 e. The van der Waals surface area contributed by atoms with Crippen LogP contribution in [0.5, 0.6) is 5.88 Å². The van der Waals surface area contributed by atoms with Crippen molar-refractivity contribution >= 4 is 30.0 Å². The van der Waals surface area contributed by atoms with Gasteiger partial charge in [-0.3, -0.25) is 14.2 Å². The van der Waals surface area contributed by atoms with Crippen LogP contribution in [0.3, 0.4) is 0 Å². The van der Waals surface area contributed by atoms with Gasteiger partial charge in [-0.25, -0.2) is 0 Å². The van der Waals surface area contributed by atoms with E-state index in [-0.39, 0.29) is 29.9 Å². The first-order valence-electron chi connectivity index (χ1n) is 10.5. The van der Waals surface area contributed by atoms with Gasteiger partial charge in [-0.05, 0) is 50.6 Å². The second-order valence-electron chi connectivity index (χ2n) is 8.54. The lowest BCUT2D eigenvalue weighted by atomic mass is 9.97. The molecule has 4 rings (SSSR count). The second kappa shape index (κ2) is 9.22. The van der Waals surface area contributed by atoms with Crippen molar-refractivity contribution < 1.29 is 9.90 Å². The van der Waals surface area contributed by atoms with Gasteiger partial charge in [-0.2, -0.15) is 9.61 Å². The number of fused-ring (bicyclic) bond motifs is 1. The number of halogens is 1. The molecular weight excluding hydrogens is 406 g/mol. The third-order valence-corrected chi connectivity index (χ3v) is 5.53. The molecule has 9 heteroatoms. The van der Waals surface area contributed by atoms with Crippen LogP contribution in [0.25, 0.3) is 11.7 Å². The summed E-state index contributed by atoms with van der Waals surface area (Å²) < 4.78 is 2.88. The van der Waals surface area contributed by atoms with E-state index >= 15 is 0 Å². The van der Waals surface area contributed by atoms with Gasteiger partial charge in [0.15, 0.2) is 5.56 Å². The third kappa shape index (κ3) is 4.54. The van der Waals surface area contributed by atoms with Crippen LogP contribution in [0.1, 0.15) is 55.5 Å². The summed E-state index contributed by atoms with van der Waals surface area (Å²) in [5, 5.41) is 21.2. The van der Waals surface area contributed by atoms with E-state index in [1.807, 2.05) is 19.9 Å². The molecule has 0 aromatic carbocycles. The Morgan fingerprint density at radius 1 is 1.33 bits per heavy atom. The van der Waals surface area contributed by atoms with Gasteiger partial charge in [-0.1, -0.05) is 26.0 Å². The number of amides is 1. The van der Waals surface area contributed by atoms with Crippen LogP contribution >= 0.6 is 12.4 Å². The molecule has 2 aromatic rings. The monoisotopic (exact) mass is 435 g/mol. The van der Waals surface area contributed by atoms with Crippen molar-refractivity contribution in [1.82, 2.24) is 24.8 Å². The van der Waals surface area contributed by atoms with Gasteiger partial charge in [0.05, 0.1) is 6.20 Å². The minimum atomic E-state index is -0.531. The molecule has 1 aliphatic heterocycles. The summed E-state index contributed by atoms with van der Waals surface area (Å²) in [5.74, 6) is -0.258. The number of carbonyl (C=O) groups excluding carboxylic acids is 1. The lowest BCUT2D eigenvalue weighted by molar-refractivity contribution is 0.0944. The topological polar surface area (TPSA) is 101 Å². The fourth-order valence-corrected chi connectivity index (χ4v) is 3.82. The number of nitrogens with one attached hydrogen (secondary N) is 2. The Labute approximate surface area is 181 Å². The first-order valence-corrected chi connectivity index (χ1v) is 10.5. The SMILES string of the molecule is CC(C)Cn1c(=O)c(C(=O)NC2CC2)c(O)n2ncc(/C=C/C3CCNCC3)c12.Cl. The molecule has 1 amide bonds. The minimum absolute atomic E-state index is 0. The molecule has 0 bridgehead atoms. The molecule has 1 saturated heterocycles. The van der Waals surface area contributed by atoms with E-state index in [9.17, 15) is 14.7 Å². The van der Waals surface area contributed by atoms with E-state index in [4.69, 9.17) is 0 Å². The van der Waals surface area contributed by atoms with Crippen LogP contribution in [0.4, 0.5) is 0 Å². The third-order valence-electron chi connectivity index (χ3n) is 5.53. The van der Waals surface area contributed by atoms with Gasteiger partial charge in [0, 0.05) is 18.2 Å². The molecule has 3 N–H and O–H groups in total. The summed E-state index contributed by atoms with van der Waals surface area (Å²) in [6.07, 6.45) is 9.75. The Bertz CT molecular complexity index is 1000. The Morgan fingerprint density at radius 3 is 2.67 bits per heavy atom. The molecule has 8 nitrogen and oxygen atoms in total. The largest absolute Gasteiger partial charge is 0.492 e. The molecule has 30 heavy (non-hydrogen) atoms. The van der Waals surface area contributed by atoms with Gasteiger partial charge in [0.25, 0.3) is 11.5 Å². The molecule has 2 aliphatic rings. The van der Waals surface area contributed by atoms with Gasteiger partial charge < -0.3 is 15.7 Å². The highest BCUT2D eigenvalue weighted by Crippen LogP contribution is 2.24. The number of carbonyl (C=O) groups is 1. The molecule has 1 saturated carbocycles. The Balaban J connectivity index is 0.00000256. The average Bonchev–Trinajstić information content (AvgIpc) is 3.40. The van der Waals surface area contributed by atoms with Crippen molar-refractivity contribution in [3.63, 3.8) is 0 Å². The van der Waals surface area contributed by atoms with Crippen molar-refractivity contribution in [2.75, 3.05) is 13.1 Å². The molecule has 3 heterocycles. The quantitative estimate of drug-likeness (QED) is 0.645. The molecule has 0 atom stereocenters. The lowest BCUT2D eigenvalue weighted by Crippen LogP contribution is -2.36. The first kappa shape index (κ1) is 22.4. The maximum Gasteiger partial charge on any atom is 0.270 e. The number of hydrogen-bond acceptors (Lipinski definition) is 5. The summed E-state index contributed by atoms with van der Waals surface area (Å²) in [6.45, 7) is 6.47. The predicted molar refractivity (Wildman–Crippen MR) is 118 cm³/mol. The number of aromatic nitrogens is 3. The van der Waals surface area contributed by atoms with Crippen LogP contribution in [-0.4, -0.2) is 44.3 Å². The fraction of sp³-hybridized carbons (Fsp3) is 0.571. The molecule has 1 aliphatic carbocycles. The second-order valence-corrected chi connectivity index (χ2v) is 8.54. The molecule has 2 aromatic heterocycles. The Morgan fingerprint density at radius 2 is 2.03 bits per heavy atom. The molecule has 0 unspecified atom stereocenters. The van der Waals surface area contributed by atoms with Crippen molar-refractivity contribution in [1.29, 1.82) is 0 Å². The Hall–Kier alpha value is -2.32. The average molecular weight is 436 g/mol. The van der Waals surface area contributed by atoms with E-state index < -0.39 is 17.3 Å². The summed E-state index contributed by atoms with van der Waals surface area (Å²) >= 11 is 0. The van der Waals surface area contributed by atoms with Crippen molar-refractivity contribution in [2.24, 2.45) is 11.8 Å². The van der Waals surface area contributed by atoms with Gasteiger partial charge in [-0.15, -0.1) is 12.4 Å². The normalized spacial score (nSPS) is 17.6. The number of rotatable bonds is 6. The van der Waals surface area contributed by atoms with Crippen LogP contribution in [0.15, 0.2) is 17.1 Å². The fourth-order valence-electron chi connectivity index (χ4n) is 3.82. The van der Waals surface area contributed by atoms with Crippen LogP contribution < -0.4 is 16.2 Å². The summed E-state index contributed by atoms with van der Waals surface area (Å²) in [6, 6.07) is 0.0941. The number of nitrogens with zero attached hydrogens (tertiary/aromatic N) is 3. The highest BCUT2D eigenvalue weighted by atomic mass is 35.5. The van der Waals surface area contributed by atoms with Gasteiger partial charge >= 0.3 is 0 Å². The highest BCUT2D eigenvalue weighted by Gasteiger charge is 2.29. The van der Waals surface area contributed by atoms with Crippen LogP contribution in [0, 0.1) is 11.8 Å². The standard InChI is InChI=1S/C21H29N5O3.ClH/c1-13(2)12-25-19-15(4-3-14-7-9-22-10-8-14)11-23-26(19)21(29)17(20(25)28)18(27)24-16-5-6-16;/h3-4,11,13-14,16,22,29H,5-10,12H2,1-2H3,(H,24,27);1H/b4-3+;. The number of allylic oxidation sites excluding steroid dienone is 1. The van der Waals surface area contributed by atoms with Gasteiger partial charge in [0.1, 0.15) is 5.65 Å². The van der Waals surface area contributed by atoms with E-state index in [1.165, 1.54) is 4.52 Å². The van der Waals surface area contributed by atoms with E-state index in [0.717, 1.165) is 44.3 Å². The van der Waals surface area contributed by atoms with Crippen molar-refractivity contribution in [2.45, 2.75) is 52.1 Å². The zero-order valence-corrected chi connectivity index (χ0v) is 18.2. The van der Waals surface area contributed by atoms with Crippen molar-refractivity contribution in [3.8, 4) is 5.88 Å².